The highest BCUT2D eigenvalue weighted by Crippen LogP contribution is 2.16. The minimum absolute atomic E-state index is 0.754. The summed E-state index contributed by atoms with van der Waals surface area (Å²) in [5, 5.41) is 4.62. The fraction of sp³-hybridized carbons (Fsp3) is 0.154. The van der Waals surface area contributed by atoms with Crippen molar-refractivity contribution >= 4 is 10.9 Å². The highest BCUT2D eigenvalue weighted by atomic mass is 15.0. The molecule has 0 fully saturated rings. The molecule has 0 spiro atoms. The quantitative estimate of drug-likeness (QED) is 0.638. The molecule has 86 valence electrons. The molecule has 3 rings (SSSR count). The predicted octanol–water partition coefficient (Wildman–Crippen LogP) is 2.18. The van der Waals surface area contributed by atoms with Gasteiger partial charge >= 0.3 is 0 Å². The SMILES string of the molecule is c1cc(CNCc2ncc[nH]2)c2[nH]ccc2c1. The number of imidazole rings is 1. The summed E-state index contributed by atoms with van der Waals surface area (Å²) < 4.78 is 0. The Morgan fingerprint density at radius 3 is 2.94 bits per heavy atom. The molecule has 4 heteroatoms. The molecule has 0 unspecified atom stereocenters. The van der Waals surface area contributed by atoms with Crippen LogP contribution < -0.4 is 5.32 Å². The van der Waals surface area contributed by atoms with Crippen molar-refractivity contribution < 1.29 is 0 Å². The first-order valence-electron chi connectivity index (χ1n) is 5.67. The number of rotatable bonds is 4. The first-order valence-corrected chi connectivity index (χ1v) is 5.67. The van der Waals surface area contributed by atoms with E-state index in [0.717, 1.165) is 18.9 Å². The lowest BCUT2D eigenvalue weighted by molar-refractivity contribution is 0.671. The van der Waals surface area contributed by atoms with Gasteiger partial charge in [-0.05, 0) is 17.0 Å². The molecule has 0 bridgehead atoms. The minimum Gasteiger partial charge on any atom is -0.361 e. The maximum absolute atomic E-state index is 4.17. The minimum atomic E-state index is 0.754. The summed E-state index contributed by atoms with van der Waals surface area (Å²) in [4.78, 5) is 10.5. The maximum Gasteiger partial charge on any atom is 0.120 e. The Morgan fingerprint density at radius 1 is 1.06 bits per heavy atom. The average Bonchev–Trinajstić information content (AvgIpc) is 2.99. The molecule has 2 heterocycles. The van der Waals surface area contributed by atoms with Gasteiger partial charge in [-0.2, -0.15) is 0 Å². The van der Waals surface area contributed by atoms with Crippen LogP contribution in [0.3, 0.4) is 0 Å². The van der Waals surface area contributed by atoms with Crippen molar-refractivity contribution in [2.24, 2.45) is 0 Å². The summed E-state index contributed by atoms with van der Waals surface area (Å²) in [7, 11) is 0. The first kappa shape index (κ1) is 10.1. The lowest BCUT2D eigenvalue weighted by atomic mass is 10.1. The predicted molar refractivity (Wildman–Crippen MR) is 67.4 cm³/mol. The zero-order chi connectivity index (χ0) is 11.5. The molecule has 2 aromatic heterocycles. The van der Waals surface area contributed by atoms with Crippen LogP contribution in [0.25, 0.3) is 10.9 Å². The Bertz CT molecular complexity index is 595. The number of hydrogen-bond acceptors (Lipinski definition) is 2. The molecule has 1 aromatic carbocycles. The van der Waals surface area contributed by atoms with E-state index >= 15 is 0 Å². The fourth-order valence-electron chi connectivity index (χ4n) is 2.01. The molecular formula is C13H14N4. The molecule has 3 N–H and O–H groups in total. The Balaban J connectivity index is 1.70. The molecule has 0 aliphatic carbocycles. The van der Waals surface area contributed by atoms with Crippen LogP contribution in [0.15, 0.2) is 42.9 Å². The fourth-order valence-corrected chi connectivity index (χ4v) is 2.01. The highest BCUT2D eigenvalue weighted by Gasteiger charge is 2.01. The van der Waals surface area contributed by atoms with E-state index in [1.807, 2.05) is 12.4 Å². The summed E-state index contributed by atoms with van der Waals surface area (Å²) in [5.41, 5.74) is 2.48. The molecule has 0 atom stereocenters. The van der Waals surface area contributed by atoms with Gasteiger partial charge in [0.15, 0.2) is 0 Å². The number of fused-ring (bicyclic) bond motifs is 1. The lowest BCUT2D eigenvalue weighted by Gasteiger charge is -2.04. The van der Waals surface area contributed by atoms with E-state index in [4.69, 9.17) is 0 Å². The largest absolute Gasteiger partial charge is 0.361 e. The van der Waals surface area contributed by atoms with Gasteiger partial charge in [0, 0.05) is 30.7 Å². The van der Waals surface area contributed by atoms with E-state index in [0.29, 0.717) is 0 Å². The number of hydrogen-bond donors (Lipinski definition) is 3. The van der Waals surface area contributed by atoms with Crippen molar-refractivity contribution in [3.05, 3.63) is 54.2 Å². The summed E-state index contributed by atoms with van der Waals surface area (Å²) in [6, 6.07) is 8.42. The van der Waals surface area contributed by atoms with Crippen molar-refractivity contribution in [1.29, 1.82) is 0 Å². The number of aromatic amines is 2. The number of benzene rings is 1. The van der Waals surface area contributed by atoms with Crippen molar-refractivity contribution in [2.45, 2.75) is 13.1 Å². The maximum atomic E-state index is 4.17. The summed E-state index contributed by atoms with van der Waals surface area (Å²) in [5.74, 6) is 0.962. The van der Waals surface area contributed by atoms with Crippen molar-refractivity contribution in [3.8, 4) is 0 Å². The molecule has 0 aliphatic rings. The van der Waals surface area contributed by atoms with Gasteiger partial charge in [0.2, 0.25) is 0 Å². The Kier molecular flexibility index (Phi) is 2.63. The van der Waals surface area contributed by atoms with Gasteiger partial charge in [-0.25, -0.2) is 4.98 Å². The second-order valence-electron chi connectivity index (χ2n) is 4.00. The van der Waals surface area contributed by atoms with E-state index in [9.17, 15) is 0 Å². The monoisotopic (exact) mass is 226 g/mol. The number of para-hydroxylation sites is 1. The van der Waals surface area contributed by atoms with E-state index < -0.39 is 0 Å². The van der Waals surface area contributed by atoms with Crippen molar-refractivity contribution in [2.75, 3.05) is 0 Å². The van der Waals surface area contributed by atoms with E-state index in [2.05, 4.69) is 44.5 Å². The smallest absolute Gasteiger partial charge is 0.120 e. The van der Waals surface area contributed by atoms with Crippen molar-refractivity contribution in [1.82, 2.24) is 20.3 Å². The summed E-state index contributed by atoms with van der Waals surface area (Å²) >= 11 is 0. The topological polar surface area (TPSA) is 56.5 Å². The number of aromatic nitrogens is 3. The van der Waals surface area contributed by atoms with E-state index in [-0.39, 0.29) is 0 Å². The van der Waals surface area contributed by atoms with Crippen LogP contribution in [-0.4, -0.2) is 15.0 Å². The third kappa shape index (κ3) is 2.07. The van der Waals surface area contributed by atoms with Gasteiger partial charge in [-0.3, -0.25) is 0 Å². The van der Waals surface area contributed by atoms with E-state index in [1.54, 1.807) is 6.20 Å². The Hall–Kier alpha value is -2.07. The lowest BCUT2D eigenvalue weighted by Crippen LogP contribution is -2.13. The third-order valence-electron chi connectivity index (χ3n) is 2.84. The van der Waals surface area contributed by atoms with Gasteiger partial charge in [0.25, 0.3) is 0 Å². The number of H-pyrrole nitrogens is 2. The highest BCUT2D eigenvalue weighted by molar-refractivity contribution is 5.82. The van der Waals surface area contributed by atoms with Gasteiger partial charge in [-0.15, -0.1) is 0 Å². The Morgan fingerprint density at radius 2 is 2.06 bits per heavy atom. The Labute approximate surface area is 99.1 Å². The molecule has 0 amide bonds. The van der Waals surface area contributed by atoms with Gasteiger partial charge in [0.1, 0.15) is 5.82 Å². The van der Waals surface area contributed by atoms with Crippen LogP contribution in [0.4, 0.5) is 0 Å². The van der Waals surface area contributed by atoms with Crippen LogP contribution >= 0.6 is 0 Å². The molecule has 0 saturated heterocycles. The number of nitrogens with one attached hydrogen (secondary N) is 3. The first-order chi connectivity index (χ1) is 8.43. The molecule has 0 aliphatic heterocycles. The van der Waals surface area contributed by atoms with Crippen LogP contribution in [0.5, 0.6) is 0 Å². The van der Waals surface area contributed by atoms with Gasteiger partial charge in [-0.1, -0.05) is 18.2 Å². The molecule has 17 heavy (non-hydrogen) atoms. The normalized spacial score (nSPS) is 11.1. The molecular weight excluding hydrogens is 212 g/mol. The van der Waals surface area contributed by atoms with Crippen LogP contribution in [-0.2, 0) is 13.1 Å². The van der Waals surface area contributed by atoms with Crippen molar-refractivity contribution in [3.63, 3.8) is 0 Å². The van der Waals surface area contributed by atoms with Gasteiger partial charge in [0.05, 0.1) is 6.54 Å². The van der Waals surface area contributed by atoms with E-state index in [1.165, 1.54) is 16.5 Å². The molecule has 3 aromatic rings. The van der Waals surface area contributed by atoms with Crippen LogP contribution in [0.1, 0.15) is 11.4 Å². The second-order valence-corrected chi connectivity index (χ2v) is 4.00. The van der Waals surface area contributed by atoms with Crippen LogP contribution in [0, 0.1) is 0 Å². The third-order valence-corrected chi connectivity index (χ3v) is 2.84. The second kappa shape index (κ2) is 4.43. The summed E-state index contributed by atoms with van der Waals surface area (Å²) in [6.45, 7) is 1.59. The zero-order valence-electron chi connectivity index (χ0n) is 9.40. The summed E-state index contributed by atoms with van der Waals surface area (Å²) in [6.07, 6.45) is 5.58. The molecule has 0 saturated carbocycles. The van der Waals surface area contributed by atoms with Gasteiger partial charge < -0.3 is 15.3 Å². The average molecular weight is 226 g/mol. The molecule has 4 nitrogen and oxygen atoms in total. The number of nitrogens with zero attached hydrogens (tertiary/aromatic N) is 1. The van der Waals surface area contributed by atoms with Crippen LogP contribution in [0.2, 0.25) is 0 Å². The standard InChI is InChI=1S/C13H14N4/c1-2-10-4-5-17-13(10)11(3-1)8-14-9-12-15-6-7-16-12/h1-7,14,17H,8-9H2,(H,15,16). The molecule has 0 radical (unpaired) electrons. The zero-order valence-corrected chi connectivity index (χ0v) is 9.40.